The van der Waals surface area contributed by atoms with Crippen LogP contribution >= 0.6 is 0 Å². The van der Waals surface area contributed by atoms with Gasteiger partial charge in [0, 0.05) is 12.1 Å². The van der Waals surface area contributed by atoms with Crippen molar-refractivity contribution in [1.82, 2.24) is 0 Å². The molecule has 0 spiro atoms. The number of carbonyl (C=O) groups is 1. The second kappa shape index (κ2) is 4.73. The molecule has 0 atom stereocenters. The number of hydrogen-bond donors (Lipinski definition) is 1. The predicted octanol–water partition coefficient (Wildman–Crippen LogP) is 1.69. The number of nitro benzene ring substituents is 1. The normalized spacial score (nSPS) is 10.9. The standard InChI is InChI=1S/C9H7F2NO5/c10-9(11,8(13)14)5-17-7-3-1-6(2-4-7)12(15)16/h1-4H,5H2,(H,13,14). The zero-order valence-electron chi connectivity index (χ0n) is 8.30. The Labute approximate surface area is 93.6 Å². The molecule has 0 saturated heterocycles. The predicted molar refractivity (Wildman–Crippen MR) is 51.2 cm³/mol. The summed E-state index contributed by atoms with van der Waals surface area (Å²) in [4.78, 5) is 19.7. The lowest BCUT2D eigenvalue weighted by Crippen LogP contribution is -2.35. The molecule has 0 heterocycles. The number of carboxylic acids is 1. The van der Waals surface area contributed by atoms with Crippen molar-refractivity contribution in [3.8, 4) is 5.75 Å². The van der Waals surface area contributed by atoms with Gasteiger partial charge in [0.25, 0.3) is 5.69 Å². The van der Waals surface area contributed by atoms with Crippen molar-refractivity contribution in [3.05, 3.63) is 34.4 Å². The van der Waals surface area contributed by atoms with Crippen molar-refractivity contribution >= 4 is 11.7 Å². The zero-order valence-corrected chi connectivity index (χ0v) is 8.30. The van der Waals surface area contributed by atoms with E-state index in [4.69, 9.17) is 5.11 Å². The average Bonchev–Trinajstić information content (AvgIpc) is 2.27. The molecular weight excluding hydrogens is 240 g/mol. The number of carboxylic acid groups (broad SMARTS) is 1. The van der Waals surface area contributed by atoms with Gasteiger partial charge in [-0.1, -0.05) is 0 Å². The highest BCUT2D eigenvalue weighted by Gasteiger charge is 2.39. The molecule has 0 aromatic heterocycles. The molecule has 92 valence electrons. The molecule has 0 amide bonds. The van der Waals surface area contributed by atoms with E-state index in [1.807, 2.05) is 0 Å². The Kier molecular flexibility index (Phi) is 3.56. The van der Waals surface area contributed by atoms with Crippen LogP contribution in [0.1, 0.15) is 0 Å². The van der Waals surface area contributed by atoms with Crippen LogP contribution in [0, 0.1) is 10.1 Å². The van der Waals surface area contributed by atoms with Crippen LogP contribution in [0.5, 0.6) is 5.75 Å². The summed E-state index contributed by atoms with van der Waals surface area (Å²) in [6, 6.07) is 4.34. The number of benzene rings is 1. The van der Waals surface area contributed by atoms with E-state index >= 15 is 0 Å². The molecule has 0 aliphatic carbocycles. The van der Waals surface area contributed by atoms with Crippen molar-refractivity contribution in [2.45, 2.75) is 5.92 Å². The van der Waals surface area contributed by atoms with Gasteiger partial charge in [0.1, 0.15) is 5.75 Å². The molecule has 1 N–H and O–H groups in total. The first-order valence-corrected chi connectivity index (χ1v) is 4.31. The molecule has 1 aromatic carbocycles. The lowest BCUT2D eigenvalue weighted by molar-refractivity contribution is -0.384. The molecule has 1 aromatic rings. The van der Waals surface area contributed by atoms with Crippen LogP contribution < -0.4 is 4.74 Å². The van der Waals surface area contributed by atoms with Crippen LogP contribution in [0.25, 0.3) is 0 Å². The summed E-state index contributed by atoms with van der Waals surface area (Å²) < 4.78 is 29.7. The van der Waals surface area contributed by atoms with E-state index in [0.717, 1.165) is 24.3 Å². The van der Waals surface area contributed by atoms with Gasteiger partial charge in [-0.25, -0.2) is 4.79 Å². The second-order valence-corrected chi connectivity index (χ2v) is 3.05. The van der Waals surface area contributed by atoms with E-state index in [-0.39, 0.29) is 11.4 Å². The highest BCUT2D eigenvalue weighted by molar-refractivity contribution is 5.75. The van der Waals surface area contributed by atoms with Gasteiger partial charge in [-0.05, 0) is 12.1 Å². The molecule has 8 heteroatoms. The molecule has 6 nitrogen and oxygen atoms in total. The van der Waals surface area contributed by atoms with E-state index in [2.05, 4.69) is 4.74 Å². The summed E-state index contributed by atoms with van der Waals surface area (Å²) >= 11 is 0. The third-order valence-corrected chi connectivity index (χ3v) is 1.78. The SMILES string of the molecule is O=C(O)C(F)(F)COc1ccc([N+](=O)[O-])cc1. The lowest BCUT2D eigenvalue weighted by Gasteiger charge is -2.12. The molecule has 0 unspecified atom stereocenters. The monoisotopic (exact) mass is 247 g/mol. The number of nitrogens with zero attached hydrogens (tertiary/aromatic N) is 1. The first-order chi connectivity index (χ1) is 7.83. The van der Waals surface area contributed by atoms with Gasteiger partial charge in [-0.3, -0.25) is 10.1 Å². The number of halogens is 2. The van der Waals surface area contributed by atoms with E-state index < -0.39 is 23.4 Å². The van der Waals surface area contributed by atoms with Gasteiger partial charge < -0.3 is 9.84 Å². The quantitative estimate of drug-likeness (QED) is 0.631. The number of aliphatic carboxylic acids is 1. The van der Waals surface area contributed by atoms with Gasteiger partial charge in [-0.15, -0.1) is 0 Å². The first-order valence-electron chi connectivity index (χ1n) is 4.31. The maximum absolute atomic E-state index is 12.6. The zero-order chi connectivity index (χ0) is 13.1. The number of hydrogen-bond acceptors (Lipinski definition) is 4. The first kappa shape index (κ1) is 12.8. The fourth-order valence-corrected chi connectivity index (χ4v) is 0.900. The van der Waals surface area contributed by atoms with Gasteiger partial charge in [0.05, 0.1) is 4.92 Å². The van der Waals surface area contributed by atoms with Crippen LogP contribution in [-0.2, 0) is 4.79 Å². The summed E-state index contributed by atoms with van der Waals surface area (Å²) in [6.07, 6.45) is 0. The average molecular weight is 247 g/mol. The molecule has 0 radical (unpaired) electrons. The molecule has 0 bridgehead atoms. The largest absolute Gasteiger partial charge is 0.487 e. The number of ether oxygens (including phenoxy) is 1. The maximum Gasteiger partial charge on any atom is 0.378 e. The van der Waals surface area contributed by atoms with Crippen LogP contribution in [0.3, 0.4) is 0 Å². The summed E-state index contributed by atoms with van der Waals surface area (Å²) in [5, 5.41) is 18.4. The van der Waals surface area contributed by atoms with E-state index in [9.17, 15) is 23.7 Å². The van der Waals surface area contributed by atoms with Crippen LogP contribution in [0.2, 0.25) is 0 Å². The lowest BCUT2D eigenvalue weighted by atomic mass is 10.3. The number of non-ortho nitro benzene ring substituents is 1. The van der Waals surface area contributed by atoms with E-state index in [1.54, 1.807) is 0 Å². The van der Waals surface area contributed by atoms with Gasteiger partial charge in [-0.2, -0.15) is 8.78 Å². The second-order valence-electron chi connectivity index (χ2n) is 3.05. The Hall–Kier alpha value is -2.25. The molecule has 1 rings (SSSR count). The Morgan fingerprint density at radius 3 is 2.35 bits per heavy atom. The molecule has 0 aliphatic heterocycles. The highest BCUT2D eigenvalue weighted by Crippen LogP contribution is 2.20. The summed E-state index contributed by atoms with van der Waals surface area (Å²) in [5.41, 5.74) is -0.220. The minimum atomic E-state index is -4.00. The van der Waals surface area contributed by atoms with E-state index in [1.165, 1.54) is 0 Å². The Balaban J connectivity index is 2.65. The third kappa shape index (κ3) is 3.37. The van der Waals surface area contributed by atoms with Crippen molar-refractivity contribution in [2.24, 2.45) is 0 Å². The number of nitro groups is 1. The minimum Gasteiger partial charge on any atom is -0.487 e. The fourth-order valence-electron chi connectivity index (χ4n) is 0.900. The highest BCUT2D eigenvalue weighted by atomic mass is 19.3. The maximum atomic E-state index is 12.6. The van der Waals surface area contributed by atoms with Gasteiger partial charge in [0.2, 0.25) is 0 Å². The molecule has 0 aliphatic rings. The van der Waals surface area contributed by atoms with Crippen molar-refractivity contribution in [3.63, 3.8) is 0 Å². The Morgan fingerprint density at radius 2 is 1.94 bits per heavy atom. The molecule has 0 saturated carbocycles. The van der Waals surface area contributed by atoms with Crippen LogP contribution in [0.4, 0.5) is 14.5 Å². The van der Waals surface area contributed by atoms with Crippen molar-refractivity contribution < 1.29 is 28.3 Å². The molecule has 17 heavy (non-hydrogen) atoms. The third-order valence-electron chi connectivity index (χ3n) is 1.78. The topological polar surface area (TPSA) is 89.7 Å². The summed E-state index contributed by atoms with van der Waals surface area (Å²) in [5.74, 6) is -6.36. The fraction of sp³-hybridized carbons (Fsp3) is 0.222. The molecular formula is C9H7F2NO5. The number of rotatable bonds is 5. The Morgan fingerprint density at radius 1 is 1.41 bits per heavy atom. The Bertz CT molecular complexity index is 432. The minimum absolute atomic E-state index is 0.0727. The van der Waals surface area contributed by atoms with Crippen molar-refractivity contribution in [1.29, 1.82) is 0 Å². The summed E-state index contributed by atoms with van der Waals surface area (Å²) in [6.45, 7) is -1.33. The van der Waals surface area contributed by atoms with Gasteiger partial charge in [0.15, 0.2) is 6.61 Å². The van der Waals surface area contributed by atoms with Crippen LogP contribution in [-0.4, -0.2) is 28.5 Å². The van der Waals surface area contributed by atoms with Crippen LogP contribution in [0.15, 0.2) is 24.3 Å². The molecule has 0 fully saturated rings. The van der Waals surface area contributed by atoms with Gasteiger partial charge >= 0.3 is 11.9 Å². The van der Waals surface area contributed by atoms with Crippen molar-refractivity contribution in [2.75, 3.05) is 6.61 Å². The summed E-state index contributed by atoms with van der Waals surface area (Å²) in [7, 11) is 0. The van der Waals surface area contributed by atoms with E-state index in [0.29, 0.717) is 0 Å². The number of alkyl halides is 2. The smallest absolute Gasteiger partial charge is 0.378 e.